The third-order valence-electron chi connectivity index (χ3n) is 4.26. The second-order valence-electron chi connectivity index (χ2n) is 6.74. The van der Waals surface area contributed by atoms with Gasteiger partial charge in [0.1, 0.15) is 0 Å². The fourth-order valence-corrected chi connectivity index (χ4v) is 3.03. The number of hydrogen-bond acceptors (Lipinski definition) is 4. The molecule has 9 heteroatoms. The number of aromatic nitrogens is 2. The number of amides is 2. The highest BCUT2D eigenvalue weighted by Gasteiger charge is 2.18. The van der Waals surface area contributed by atoms with E-state index in [0.717, 1.165) is 0 Å². The van der Waals surface area contributed by atoms with Crippen LogP contribution in [0.25, 0.3) is 5.69 Å². The molecule has 1 N–H and O–H groups in total. The van der Waals surface area contributed by atoms with Crippen molar-refractivity contribution < 1.29 is 9.59 Å². The molecule has 2 aromatic carbocycles. The molecular formula is C21H18Cl2N4O3. The van der Waals surface area contributed by atoms with Gasteiger partial charge in [0.05, 0.1) is 16.4 Å². The zero-order valence-corrected chi connectivity index (χ0v) is 18.0. The third kappa shape index (κ3) is 4.53. The molecule has 0 saturated carbocycles. The highest BCUT2D eigenvalue weighted by atomic mass is 35.5. The van der Waals surface area contributed by atoms with Crippen molar-refractivity contribution in [3.63, 3.8) is 0 Å². The molecule has 0 bridgehead atoms. The van der Waals surface area contributed by atoms with E-state index in [1.807, 2.05) is 0 Å². The maximum absolute atomic E-state index is 12.8. The van der Waals surface area contributed by atoms with E-state index in [2.05, 4.69) is 10.4 Å². The minimum Gasteiger partial charge on any atom is -0.345 e. The largest absolute Gasteiger partial charge is 0.345 e. The van der Waals surface area contributed by atoms with Crippen molar-refractivity contribution in [1.82, 2.24) is 14.7 Å². The first-order valence-corrected chi connectivity index (χ1v) is 9.62. The first-order chi connectivity index (χ1) is 14.2. The second kappa shape index (κ2) is 8.69. The summed E-state index contributed by atoms with van der Waals surface area (Å²) in [6.45, 7) is 1.71. The number of nitrogens with zero attached hydrogens (tertiary/aromatic N) is 3. The number of aryl methyl sites for hydroxylation is 1. The molecule has 1 heterocycles. The fraction of sp³-hybridized carbons (Fsp3) is 0.143. The SMILES string of the molecule is Cc1cc(=O)c(C(=O)Nc2cc(C(=O)N(C)C)ccc2Cl)nn1-c1ccc(Cl)cc1. The topological polar surface area (TPSA) is 84.3 Å². The highest BCUT2D eigenvalue weighted by molar-refractivity contribution is 6.34. The van der Waals surface area contributed by atoms with Gasteiger partial charge in [-0.15, -0.1) is 0 Å². The van der Waals surface area contributed by atoms with Crippen LogP contribution in [0.4, 0.5) is 5.69 Å². The van der Waals surface area contributed by atoms with Gasteiger partial charge in [0.2, 0.25) is 5.43 Å². The molecule has 0 fully saturated rings. The van der Waals surface area contributed by atoms with Crippen molar-refractivity contribution in [2.45, 2.75) is 6.92 Å². The van der Waals surface area contributed by atoms with Gasteiger partial charge in [-0.2, -0.15) is 5.10 Å². The predicted molar refractivity (Wildman–Crippen MR) is 117 cm³/mol. The van der Waals surface area contributed by atoms with Gasteiger partial charge in [-0.3, -0.25) is 14.4 Å². The molecule has 0 spiro atoms. The summed E-state index contributed by atoms with van der Waals surface area (Å²) < 4.78 is 1.47. The molecule has 0 aliphatic rings. The molecule has 0 atom stereocenters. The zero-order valence-electron chi connectivity index (χ0n) is 16.4. The van der Waals surface area contributed by atoms with Crippen molar-refractivity contribution in [3.8, 4) is 5.69 Å². The lowest BCUT2D eigenvalue weighted by atomic mass is 10.1. The van der Waals surface area contributed by atoms with Gasteiger partial charge in [-0.05, 0) is 49.4 Å². The van der Waals surface area contributed by atoms with Crippen molar-refractivity contribution in [2.75, 3.05) is 19.4 Å². The van der Waals surface area contributed by atoms with E-state index < -0.39 is 11.3 Å². The molecule has 2 amide bonds. The Hall–Kier alpha value is -3.16. The molecule has 0 aliphatic carbocycles. The number of carbonyl (C=O) groups excluding carboxylic acids is 2. The number of nitrogens with one attached hydrogen (secondary N) is 1. The van der Waals surface area contributed by atoms with E-state index >= 15 is 0 Å². The monoisotopic (exact) mass is 444 g/mol. The maximum Gasteiger partial charge on any atom is 0.280 e. The van der Waals surface area contributed by atoms with Gasteiger partial charge in [0.25, 0.3) is 11.8 Å². The van der Waals surface area contributed by atoms with Crippen LogP contribution in [-0.2, 0) is 0 Å². The quantitative estimate of drug-likeness (QED) is 0.662. The minimum atomic E-state index is -0.737. The van der Waals surface area contributed by atoms with Crippen LogP contribution in [0.15, 0.2) is 53.3 Å². The van der Waals surface area contributed by atoms with Gasteiger partial charge >= 0.3 is 0 Å². The molecule has 3 rings (SSSR count). The van der Waals surface area contributed by atoms with E-state index in [1.54, 1.807) is 51.4 Å². The van der Waals surface area contributed by atoms with Crippen LogP contribution in [0.5, 0.6) is 0 Å². The van der Waals surface area contributed by atoms with Gasteiger partial charge in [-0.25, -0.2) is 4.68 Å². The number of halogens is 2. The summed E-state index contributed by atoms with van der Waals surface area (Å²) in [5.74, 6) is -0.986. The molecule has 0 radical (unpaired) electrons. The Balaban J connectivity index is 1.97. The van der Waals surface area contributed by atoms with E-state index in [-0.39, 0.29) is 22.3 Å². The summed E-state index contributed by atoms with van der Waals surface area (Å²) in [4.78, 5) is 38.8. The summed E-state index contributed by atoms with van der Waals surface area (Å²) in [6, 6.07) is 12.6. The lowest BCUT2D eigenvalue weighted by Crippen LogP contribution is -2.27. The van der Waals surface area contributed by atoms with Crippen LogP contribution in [0.3, 0.4) is 0 Å². The summed E-state index contributed by atoms with van der Waals surface area (Å²) in [6.07, 6.45) is 0. The van der Waals surface area contributed by atoms with Crippen LogP contribution in [-0.4, -0.2) is 40.6 Å². The Morgan fingerprint density at radius 2 is 1.70 bits per heavy atom. The predicted octanol–water partition coefficient (Wildman–Crippen LogP) is 3.80. The lowest BCUT2D eigenvalue weighted by Gasteiger charge is -2.14. The summed E-state index contributed by atoms with van der Waals surface area (Å²) in [5, 5.41) is 7.56. The van der Waals surface area contributed by atoms with Crippen molar-refractivity contribution in [2.24, 2.45) is 0 Å². The average molecular weight is 445 g/mol. The first kappa shape index (κ1) is 21.5. The number of anilines is 1. The fourth-order valence-electron chi connectivity index (χ4n) is 2.74. The molecule has 0 unspecified atom stereocenters. The van der Waals surface area contributed by atoms with Crippen molar-refractivity contribution in [3.05, 3.63) is 85.8 Å². The van der Waals surface area contributed by atoms with Gasteiger partial charge in [0.15, 0.2) is 5.69 Å². The summed E-state index contributed by atoms with van der Waals surface area (Å²) in [7, 11) is 3.23. The van der Waals surface area contributed by atoms with Crippen LogP contribution < -0.4 is 10.7 Å². The Morgan fingerprint density at radius 3 is 2.33 bits per heavy atom. The van der Waals surface area contributed by atoms with Gasteiger partial charge < -0.3 is 10.2 Å². The van der Waals surface area contributed by atoms with Crippen molar-refractivity contribution >= 4 is 40.7 Å². The summed E-state index contributed by atoms with van der Waals surface area (Å²) >= 11 is 12.1. The van der Waals surface area contributed by atoms with Gasteiger partial charge in [0, 0.05) is 36.4 Å². The molecule has 0 aliphatic heterocycles. The number of rotatable bonds is 4. The Kier molecular flexibility index (Phi) is 6.24. The molecule has 0 saturated heterocycles. The summed E-state index contributed by atoms with van der Waals surface area (Å²) in [5.41, 5.74) is 0.894. The lowest BCUT2D eigenvalue weighted by molar-refractivity contribution is 0.0827. The molecule has 30 heavy (non-hydrogen) atoms. The third-order valence-corrected chi connectivity index (χ3v) is 4.84. The van der Waals surface area contributed by atoms with E-state index in [9.17, 15) is 14.4 Å². The molecule has 1 aromatic heterocycles. The average Bonchev–Trinajstić information content (AvgIpc) is 2.70. The molecule has 7 nitrogen and oxygen atoms in total. The number of hydrogen-bond donors (Lipinski definition) is 1. The minimum absolute atomic E-state index is 0.203. The molecule has 154 valence electrons. The van der Waals surface area contributed by atoms with Gasteiger partial charge in [-0.1, -0.05) is 23.2 Å². The van der Waals surface area contributed by atoms with Crippen LogP contribution in [0.2, 0.25) is 10.0 Å². The Morgan fingerprint density at radius 1 is 1.03 bits per heavy atom. The van der Waals surface area contributed by atoms with Crippen LogP contribution in [0.1, 0.15) is 26.5 Å². The number of carbonyl (C=O) groups is 2. The van der Waals surface area contributed by atoms with E-state index in [4.69, 9.17) is 23.2 Å². The zero-order chi connectivity index (χ0) is 22.0. The standard InChI is InChI=1S/C21H18Cl2N4O3/c1-12-10-18(28)19(25-27(12)15-7-5-14(22)6-8-15)20(29)24-17-11-13(4-9-16(17)23)21(30)26(2)3/h4-11H,1-3H3,(H,24,29). The first-order valence-electron chi connectivity index (χ1n) is 8.87. The van der Waals surface area contributed by atoms with E-state index in [0.29, 0.717) is 22.0 Å². The molecular weight excluding hydrogens is 427 g/mol. The van der Waals surface area contributed by atoms with Crippen LogP contribution >= 0.6 is 23.2 Å². The normalized spacial score (nSPS) is 10.6. The van der Waals surface area contributed by atoms with Crippen molar-refractivity contribution in [1.29, 1.82) is 0 Å². The number of benzene rings is 2. The molecule has 3 aromatic rings. The van der Waals surface area contributed by atoms with E-state index in [1.165, 1.54) is 27.8 Å². The maximum atomic E-state index is 12.8. The smallest absolute Gasteiger partial charge is 0.280 e. The Labute approximate surface area is 182 Å². The highest BCUT2D eigenvalue weighted by Crippen LogP contribution is 2.24. The van der Waals surface area contributed by atoms with Crippen LogP contribution in [0, 0.1) is 6.92 Å². The Bertz CT molecular complexity index is 1190. The second-order valence-corrected chi connectivity index (χ2v) is 7.58.